The molecule has 140 valence electrons. The zero-order valence-corrected chi connectivity index (χ0v) is 15.4. The van der Waals surface area contributed by atoms with E-state index in [2.05, 4.69) is 10.00 Å². The molecular weight excluding hydrogens is 316 g/mol. The molecule has 0 spiro atoms. The third kappa shape index (κ3) is 4.82. The van der Waals surface area contributed by atoms with Crippen molar-refractivity contribution in [2.24, 2.45) is 13.0 Å². The van der Waals surface area contributed by atoms with Gasteiger partial charge in [0.1, 0.15) is 0 Å². The van der Waals surface area contributed by atoms with Gasteiger partial charge in [-0.3, -0.25) is 14.4 Å². The van der Waals surface area contributed by atoms with Gasteiger partial charge in [-0.25, -0.2) is 0 Å². The highest BCUT2D eigenvalue weighted by atomic mass is 16.3. The van der Waals surface area contributed by atoms with E-state index in [9.17, 15) is 9.90 Å². The minimum atomic E-state index is 0.00502. The number of nitrogens with zero attached hydrogens (tertiary/aromatic N) is 4. The minimum absolute atomic E-state index is 0.00502. The van der Waals surface area contributed by atoms with Gasteiger partial charge in [-0.1, -0.05) is 19.3 Å². The Kier molecular flexibility index (Phi) is 6.48. The van der Waals surface area contributed by atoms with Crippen LogP contribution >= 0.6 is 0 Å². The first-order valence-corrected chi connectivity index (χ1v) is 9.78. The van der Waals surface area contributed by atoms with E-state index in [1.807, 2.05) is 18.1 Å². The summed E-state index contributed by atoms with van der Waals surface area (Å²) in [4.78, 5) is 17.5. The second-order valence-corrected chi connectivity index (χ2v) is 7.63. The number of aromatic nitrogens is 2. The third-order valence-corrected chi connectivity index (χ3v) is 5.71. The van der Waals surface area contributed by atoms with Gasteiger partial charge in [0, 0.05) is 44.5 Å². The number of amides is 1. The average Bonchev–Trinajstić information content (AvgIpc) is 3.06. The van der Waals surface area contributed by atoms with Gasteiger partial charge in [-0.05, 0) is 32.2 Å². The molecule has 1 amide bonds. The summed E-state index contributed by atoms with van der Waals surface area (Å²) in [6.07, 6.45) is 12.4. The number of piperidine rings is 1. The smallest absolute Gasteiger partial charge is 0.227 e. The largest absolute Gasteiger partial charge is 0.395 e. The lowest BCUT2D eigenvalue weighted by molar-refractivity contribution is -0.139. The summed E-state index contributed by atoms with van der Waals surface area (Å²) in [5.41, 5.74) is 1.02. The molecule has 6 heteroatoms. The van der Waals surface area contributed by atoms with Crippen LogP contribution < -0.4 is 0 Å². The quantitative estimate of drug-likeness (QED) is 0.851. The number of rotatable bonds is 6. The van der Waals surface area contributed by atoms with Crippen molar-refractivity contribution in [3.63, 3.8) is 0 Å². The van der Waals surface area contributed by atoms with Crippen LogP contribution in [-0.2, 0) is 18.4 Å². The number of likely N-dealkylation sites (tertiary alicyclic amines) is 1. The molecule has 1 saturated carbocycles. The van der Waals surface area contributed by atoms with Crippen LogP contribution in [0.5, 0.6) is 0 Å². The Balaban J connectivity index is 1.61. The summed E-state index contributed by atoms with van der Waals surface area (Å²) in [6.45, 7) is 2.96. The summed E-state index contributed by atoms with van der Waals surface area (Å²) in [6, 6.07) is 0.675. The van der Waals surface area contributed by atoms with Crippen LogP contribution in [0.3, 0.4) is 0 Å². The van der Waals surface area contributed by atoms with E-state index in [0.717, 1.165) is 31.5 Å². The van der Waals surface area contributed by atoms with Crippen LogP contribution in [0.2, 0.25) is 0 Å². The van der Waals surface area contributed by atoms with Crippen molar-refractivity contribution >= 4 is 5.91 Å². The maximum absolute atomic E-state index is 13.1. The molecule has 1 aromatic rings. The molecule has 2 fully saturated rings. The van der Waals surface area contributed by atoms with Crippen molar-refractivity contribution in [2.75, 3.05) is 26.2 Å². The molecule has 2 aliphatic rings. The first-order valence-electron chi connectivity index (χ1n) is 9.78. The predicted octanol–water partition coefficient (Wildman–Crippen LogP) is 1.79. The van der Waals surface area contributed by atoms with Gasteiger partial charge in [0.2, 0.25) is 5.91 Å². The third-order valence-electron chi connectivity index (χ3n) is 5.71. The van der Waals surface area contributed by atoms with Crippen molar-refractivity contribution in [3.05, 3.63) is 18.0 Å². The molecule has 25 heavy (non-hydrogen) atoms. The predicted molar refractivity (Wildman–Crippen MR) is 96.9 cm³/mol. The lowest BCUT2D eigenvalue weighted by Gasteiger charge is -2.40. The summed E-state index contributed by atoms with van der Waals surface area (Å²) >= 11 is 0. The minimum Gasteiger partial charge on any atom is -0.395 e. The van der Waals surface area contributed by atoms with Crippen LogP contribution in [-0.4, -0.2) is 62.9 Å². The molecule has 1 N–H and O–H groups in total. The van der Waals surface area contributed by atoms with Gasteiger partial charge in [-0.2, -0.15) is 5.10 Å². The Bertz CT molecular complexity index is 553. The van der Waals surface area contributed by atoms with Gasteiger partial charge in [0.25, 0.3) is 0 Å². The number of aliphatic hydroxyl groups excluding tert-OH is 1. The molecule has 3 rings (SSSR count). The van der Waals surface area contributed by atoms with Crippen molar-refractivity contribution in [1.29, 1.82) is 0 Å². The summed E-state index contributed by atoms with van der Waals surface area (Å²) < 4.78 is 1.75. The highest BCUT2D eigenvalue weighted by molar-refractivity contribution is 5.79. The van der Waals surface area contributed by atoms with E-state index in [0.29, 0.717) is 19.1 Å². The topological polar surface area (TPSA) is 61.6 Å². The molecule has 1 atom stereocenters. The van der Waals surface area contributed by atoms with E-state index in [4.69, 9.17) is 0 Å². The highest BCUT2D eigenvalue weighted by Crippen LogP contribution is 2.28. The average molecular weight is 348 g/mol. The van der Waals surface area contributed by atoms with Gasteiger partial charge < -0.3 is 10.0 Å². The first kappa shape index (κ1) is 18.4. The number of carbonyl (C=O) groups excluding carboxylic acids is 1. The fourth-order valence-electron chi connectivity index (χ4n) is 4.41. The fourth-order valence-corrected chi connectivity index (χ4v) is 4.41. The standard InChI is InChI=1S/C19H32N4O2/c1-21-13-16(12-20-21)14-23(10-11-24)19(25)17-6-5-9-22(15-17)18-7-3-2-4-8-18/h12-13,17-18,24H,2-11,14-15H2,1H3. The molecule has 1 aromatic heterocycles. The van der Waals surface area contributed by atoms with Crippen LogP contribution in [0.15, 0.2) is 12.4 Å². The maximum Gasteiger partial charge on any atom is 0.227 e. The van der Waals surface area contributed by atoms with E-state index in [-0.39, 0.29) is 18.4 Å². The van der Waals surface area contributed by atoms with Crippen molar-refractivity contribution in [3.8, 4) is 0 Å². The second-order valence-electron chi connectivity index (χ2n) is 7.63. The summed E-state index contributed by atoms with van der Waals surface area (Å²) in [7, 11) is 1.88. The molecule has 1 saturated heterocycles. The monoisotopic (exact) mass is 348 g/mol. The molecule has 2 heterocycles. The Labute approximate surface area is 150 Å². The SMILES string of the molecule is Cn1cc(CN(CCO)C(=O)C2CCCN(C3CCCCC3)C2)cn1. The molecule has 0 radical (unpaired) electrons. The van der Waals surface area contributed by atoms with E-state index in [1.165, 1.54) is 32.1 Å². The molecule has 1 aliphatic heterocycles. The lowest BCUT2D eigenvalue weighted by atomic mass is 9.89. The summed E-state index contributed by atoms with van der Waals surface area (Å²) in [5, 5.41) is 13.6. The Morgan fingerprint density at radius 1 is 1.28 bits per heavy atom. The van der Waals surface area contributed by atoms with Crippen LogP contribution in [0.4, 0.5) is 0 Å². The Morgan fingerprint density at radius 3 is 2.76 bits per heavy atom. The second kappa shape index (κ2) is 8.81. The van der Waals surface area contributed by atoms with Gasteiger partial charge in [0.15, 0.2) is 0 Å². The van der Waals surface area contributed by atoms with Crippen molar-refractivity contribution in [1.82, 2.24) is 19.6 Å². The van der Waals surface area contributed by atoms with Gasteiger partial charge in [0.05, 0.1) is 18.7 Å². The fraction of sp³-hybridized carbons (Fsp3) is 0.789. The van der Waals surface area contributed by atoms with Crippen molar-refractivity contribution < 1.29 is 9.90 Å². The van der Waals surface area contributed by atoms with Gasteiger partial charge in [-0.15, -0.1) is 0 Å². The first-order chi connectivity index (χ1) is 12.2. The molecule has 0 aromatic carbocycles. The molecular formula is C19H32N4O2. The number of aryl methyl sites for hydroxylation is 1. The Morgan fingerprint density at radius 2 is 2.08 bits per heavy atom. The number of hydrogen-bond acceptors (Lipinski definition) is 4. The number of aliphatic hydroxyl groups is 1. The zero-order valence-electron chi connectivity index (χ0n) is 15.4. The normalized spacial score (nSPS) is 22.9. The molecule has 1 aliphatic carbocycles. The van der Waals surface area contributed by atoms with Crippen LogP contribution in [0.1, 0.15) is 50.5 Å². The summed E-state index contributed by atoms with van der Waals surface area (Å²) in [5.74, 6) is 0.261. The highest BCUT2D eigenvalue weighted by Gasteiger charge is 2.32. The van der Waals surface area contributed by atoms with E-state index >= 15 is 0 Å². The lowest BCUT2D eigenvalue weighted by Crippen LogP contribution is -2.48. The van der Waals surface area contributed by atoms with Gasteiger partial charge >= 0.3 is 0 Å². The number of hydrogen-bond donors (Lipinski definition) is 1. The zero-order chi connectivity index (χ0) is 17.6. The molecule has 6 nitrogen and oxygen atoms in total. The molecule has 0 bridgehead atoms. The van der Waals surface area contributed by atoms with E-state index < -0.39 is 0 Å². The maximum atomic E-state index is 13.1. The van der Waals surface area contributed by atoms with Crippen LogP contribution in [0, 0.1) is 5.92 Å². The van der Waals surface area contributed by atoms with Crippen molar-refractivity contribution in [2.45, 2.75) is 57.5 Å². The number of carbonyl (C=O) groups is 1. The molecule has 1 unspecified atom stereocenters. The van der Waals surface area contributed by atoms with E-state index in [1.54, 1.807) is 10.9 Å². The Hall–Kier alpha value is -1.40. The van der Waals surface area contributed by atoms with Crippen LogP contribution in [0.25, 0.3) is 0 Å².